The molecule has 2 N–H and O–H groups in total. The number of thiazole rings is 1. The van der Waals surface area contributed by atoms with Gasteiger partial charge in [0.1, 0.15) is 5.01 Å². The second-order valence-electron chi connectivity index (χ2n) is 7.24. The first-order valence-corrected chi connectivity index (χ1v) is 11.9. The van der Waals surface area contributed by atoms with Crippen LogP contribution in [0.1, 0.15) is 48.9 Å². The average Bonchev–Trinajstić information content (AvgIpc) is 3.18. The summed E-state index contributed by atoms with van der Waals surface area (Å²) in [4.78, 5) is 13.0. The largest absolute Gasteiger partial charge is 0.355 e. The van der Waals surface area contributed by atoms with Gasteiger partial charge in [-0.2, -0.15) is 11.8 Å². The Kier molecular flexibility index (Phi) is 10.2. The van der Waals surface area contributed by atoms with Crippen molar-refractivity contribution in [3.8, 4) is 0 Å². The molecule has 1 aliphatic heterocycles. The summed E-state index contributed by atoms with van der Waals surface area (Å²) in [5.74, 6) is 3.45. The molecule has 1 aromatic heterocycles. The Hall–Kier alpha value is -0.0600. The number of nitrogens with one attached hydrogen (secondary N) is 2. The topological polar surface area (TPSA) is 52.6 Å². The first-order valence-electron chi connectivity index (χ1n) is 9.96. The number of thioether (sulfide) groups is 1. The zero-order valence-electron chi connectivity index (χ0n) is 16.6. The normalized spacial score (nSPS) is 20.7. The minimum atomic E-state index is 0. The van der Waals surface area contributed by atoms with Crippen LogP contribution in [-0.2, 0) is 13.0 Å². The first-order chi connectivity index (χ1) is 12.8. The second kappa shape index (κ2) is 11.8. The lowest BCUT2D eigenvalue weighted by atomic mass is 9.80. The summed E-state index contributed by atoms with van der Waals surface area (Å²) in [6.07, 6.45) is 9.78. The Morgan fingerprint density at radius 2 is 1.96 bits per heavy atom. The number of guanidine groups is 1. The van der Waals surface area contributed by atoms with Crippen LogP contribution in [0.4, 0.5) is 0 Å². The van der Waals surface area contributed by atoms with Crippen LogP contribution in [-0.4, -0.2) is 59.6 Å². The molecule has 0 unspecified atom stereocenters. The van der Waals surface area contributed by atoms with Gasteiger partial charge in [-0.05, 0) is 19.3 Å². The van der Waals surface area contributed by atoms with Crippen LogP contribution in [0.15, 0.2) is 11.2 Å². The highest BCUT2D eigenvalue weighted by molar-refractivity contribution is 14.0. The van der Waals surface area contributed by atoms with E-state index in [9.17, 15) is 0 Å². The molecule has 0 spiro atoms. The number of rotatable bonds is 6. The van der Waals surface area contributed by atoms with Gasteiger partial charge < -0.3 is 10.6 Å². The van der Waals surface area contributed by atoms with Crippen LogP contribution < -0.4 is 10.6 Å². The fourth-order valence-electron chi connectivity index (χ4n) is 4.07. The lowest BCUT2D eigenvalue weighted by molar-refractivity contribution is 0.0626. The molecule has 1 saturated heterocycles. The van der Waals surface area contributed by atoms with Gasteiger partial charge in [0.15, 0.2) is 5.96 Å². The molecule has 5 nitrogen and oxygen atoms in total. The predicted octanol–water partition coefficient (Wildman–Crippen LogP) is 3.74. The van der Waals surface area contributed by atoms with E-state index in [0.717, 1.165) is 30.5 Å². The molecule has 0 bridgehead atoms. The van der Waals surface area contributed by atoms with E-state index in [4.69, 9.17) is 0 Å². The fraction of sp³-hybridized carbons (Fsp3) is 0.789. The molecule has 2 aliphatic rings. The highest BCUT2D eigenvalue weighted by Gasteiger charge is 2.38. The summed E-state index contributed by atoms with van der Waals surface area (Å²) in [6.45, 7) is 6.38. The molecule has 1 aromatic rings. The van der Waals surface area contributed by atoms with Crippen LogP contribution in [0.3, 0.4) is 0 Å². The van der Waals surface area contributed by atoms with Crippen molar-refractivity contribution in [2.45, 2.75) is 57.5 Å². The molecule has 1 saturated carbocycles. The summed E-state index contributed by atoms with van der Waals surface area (Å²) in [5.41, 5.74) is 0.313. The SMILES string of the molecule is CCc1cnc(CNC(=NC)NCC2(N3CCSCC3)CCCCC2)s1.I. The van der Waals surface area contributed by atoms with Crippen molar-refractivity contribution in [2.24, 2.45) is 4.99 Å². The maximum Gasteiger partial charge on any atom is 0.191 e. The van der Waals surface area contributed by atoms with E-state index in [1.807, 2.05) is 13.2 Å². The van der Waals surface area contributed by atoms with Crippen molar-refractivity contribution in [2.75, 3.05) is 38.2 Å². The summed E-state index contributed by atoms with van der Waals surface area (Å²) >= 11 is 3.88. The van der Waals surface area contributed by atoms with E-state index in [-0.39, 0.29) is 24.0 Å². The van der Waals surface area contributed by atoms with E-state index in [1.54, 1.807) is 11.3 Å². The van der Waals surface area contributed by atoms with E-state index >= 15 is 0 Å². The van der Waals surface area contributed by atoms with Gasteiger partial charge in [-0.25, -0.2) is 4.98 Å². The van der Waals surface area contributed by atoms with Crippen LogP contribution in [0.5, 0.6) is 0 Å². The molecule has 1 aliphatic carbocycles. The zero-order chi connectivity index (χ0) is 18.2. The minimum Gasteiger partial charge on any atom is -0.355 e. The smallest absolute Gasteiger partial charge is 0.191 e. The second-order valence-corrected chi connectivity index (χ2v) is 9.66. The quantitative estimate of drug-likeness (QED) is 0.338. The minimum absolute atomic E-state index is 0. The molecule has 3 rings (SSSR count). The van der Waals surface area contributed by atoms with Gasteiger partial charge in [-0.3, -0.25) is 9.89 Å². The highest BCUT2D eigenvalue weighted by atomic mass is 127. The monoisotopic (exact) mass is 523 g/mol. The lowest BCUT2D eigenvalue weighted by Crippen LogP contribution is -2.59. The maximum atomic E-state index is 4.49. The third kappa shape index (κ3) is 6.47. The standard InChI is InChI=1S/C19H33N5S2.HI/c1-3-16-13-21-17(26-16)14-22-18(20-2)23-15-19(7-5-4-6-8-19)24-9-11-25-12-10-24;/h13H,3-12,14-15H2,1-2H3,(H2,20,22,23);1H. The third-order valence-corrected chi connectivity index (χ3v) is 7.72. The highest BCUT2D eigenvalue weighted by Crippen LogP contribution is 2.34. The van der Waals surface area contributed by atoms with Gasteiger partial charge in [0, 0.05) is 54.8 Å². The summed E-state index contributed by atoms with van der Waals surface area (Å²) in [7, 11) is 1.86. The van der Waals surface area contributed by atoms with Crippen molar-refractivity contribution in [3.05, 3.63) is 16.1 Å². The van der Waals surface area contributed by atoms with Crippen molar-refractivity contribution >= 4 is 53.0 Å². The van der Waals surface area contributed by atoms with Crippen LogP contribution >= 0.6 is 47.1 Å². The summed E-state index contributed by atoms with van der Waals surface area (Å²) < 4.78 is 0. The van der Waals surface area contributed by atoms with E-state index < -0.39 is 0 Å². The first kappa shape index (κ1) is 23.2. The molecule has 0 radical (unpaired) electrons. The van der Waals surface area contributed by atoms with Crippen LogP contribution in [0.2, 0.25) is 0 Å². The number of halogens is 1. The number of hydrogen-bond donors (Lipinski definition) is 2. The Balaban J connectivity index is 0.00000261. The van der Waals surface area contributed by atoms with Gasteiger partial charge >= 0.3 is 0 Å². The molecule has 8 heteroatoms. The lowest BCUT2D eigenvalue weighted by Gasteiger charge is -2.48. The number of aryl methyl sites for hydroxylation is 1. The number of hydrogen-bond acceptors (Lipinski definition) is 5. The third-order valence-electron chi connectivity index (χ3n) is 5.63. The molecule has 2 heterocycles. The molecule has 2 fully saturated rings. The van der Waals surface area contributed by atoms with Gasteiger partial charge in [-0.1, -0.05) is 26.2 Å². The van der Waals surface area contributed by atoms with Crippen molar-refractivity contribution in [3.63, 3.8) is 0 Å². The molecule has 0 amide bonds. The van der Waals surface area contributed by atoms with Crippen molar-refractivity contribution in [1.82, 2.24) is 20.5 Å². The number of nitrogens with zero attached hydrogens (tertiary/aromatic N) is 3. The molecular formula is C19H34IN5S2. The Morgan fingerprint density at radius 3 is 2.59 bits per heavy atom. The zero-order valence-corrected chi connectivity index (χ0v) is 20.6. The van der Waals surface area contributed by atoms with Gasteiger partial charge in [0.25, 0.3) is 0 Å². The van der Waals surface area contributed by atoms with Crippen molar-refractivity contribution < 1.29 is 0 Å². The molecule has 27 heavy (non-hydrogen) atoms. The number of aromatic nitrogens is 1. The summed E-state index contributed by atoms with van der Waals surface area (Å²) in [6, 6.07) is 0. The average molecular weight is 524 g/mol. The van der Waals surface area contributed by atoms with E-state index in [2.05, 4.69) is 44.2 Å². The molecule has 154 valence electrons. The van der Waals surface area contributed by atoms with Crippen LogP contribution in [0.25, 0.3) is 0 Å². The van der Waals surface area contributed by atoms with Gasteiger partial charge in [-0.15, -0.1) is 35.3 Å². The molecule has 0 aromatic carbocycles. The fourth-order valence-corrected chi connectivity index (χ4v) is 5.78. The van der Waals surface area contributed by atoms with E-state index in [1.165, 1.54) is 61.6 Å². The number of aliphatic imine (C=N–C) groups is 1. The molecular weight excluding hydrogens is 489 g/mol. The summed E-state index contributed by atoms with van der Waals surface area (Å²) in [5, 5.41) is 8.21. The Morgan fingerprint density at radius 1 is 1.22 bits per heavy atom. The van der Waals surface area contributed by atoms with Gasteiger partial charge in [0.05, 0.1) is 6.54 Å². The predicted molar refractivity (Wildman–Crippen MR) is 130 cm³/mol. The van der Waals surface area contributed by atoms with Crippen LogP contribution in [0, 0.1) is 0 Å². The maximum absolute atomic E-state index is 4.49. The van der Waals surface area contributed by atoms with E-state index in [0.29, 0.717) is 5.54 Å². The van der Waals surface area contributed by atoms with Gasteiger partial charge in [0.2, 0.25) is 0 Å². The molecule has 0 atom stereocenters. The Labute approximate surface area is 189 Å². The Bertz CT molecular complexity index is 580. The van der Waals surface area contributed by atoms with Crippen molar-refractivity contribution in [1.29, 1.82) is 0 Å².